The van der Waals surface area contributed by atoms with E-state index in [0.717, 1.165) is 16.8 Å². The molecule has 4 rings (SSSR count). The van der Waals surface area contributed by atoms with Gasteiger partial charge in [-0.05, 0) is 64.8 Å². The van der Waals surface area contributed by atoms with E-state index in [1.165, 1.54) is 18.3 Å². The van der Waals surface area contributed by atoms with E-state index in [4.69, 9.17) is 4.18 Å². The SMILES string of the molecule is Cc1ccc(S(=O)(=O)Oc2c(C(=O)NCc3ccc(N(C)C)cc3)nc(Br)c3cccnc23)cc1. The highest BCUT2D eigenvalue weighted by molar-refractivity contribution is 9.10. The molecule has 1 amide bonds. The molecular weight excluding hydrogens is 532 g/mol. The number of halogens is 1. The van der Waals surface area contributed by atoms with Crippen LogP contribution in [-0.2, 0) is 16.7 Å². The lowest BCUT2D eigenvalue weighted by Gasteiger charge is -2.15. The van der Waals surface area contributed by atoms with Gasteiger partial charge < -0.3 is 14.4 Å². The largest absolute Gasteiger partial charge is 0.378 e. The van der Waals surface area contributed by atoms with Crippen molar-refractivity contribution >= 4 is 48.5 Å². The van der Waals surface area contributed by atoms with Gasteiger partial charge in [0.25, 0.3) is 5.91 Å². The summed E-state index contributed by atoms with van der Waals surface area (Å²) in [5.41, 5.74) is 2.81. The van der Waals surface area contributed by atoms with Crippen LogP contribution in [-0.4, -0.2) is 38.4 Å². The highest BCUT2D eigenvalue weighted by Gasteiger charge is 2.26. The van der Waals surface area contributed by atoms with Gasteiger partial charge in [-0.15, -0.1) is 0 Å². The molecule has 0 spiro atoms. The van der Waals surface area contributed by atoms with Crippen molar-refractivity contribution in [2.75, 3.05) is 19.0 Å². The smallest absolute Gasteiger partial charge is 0.339 e. The molecule has 0 aliphatic heterocycles. The molecule has 180 valence electrons. The van der Waals surface area contributed by atoms with Crippen molar-refractivity contribution < 1.29 is 17.4 Å². The number of carbonyl (C=O) groups excluding carboxylic acids is 1. The number of pyridine rings is 2. The highest BCUT2D eigenvalue weighted by Crippen LogP contribution is 2.33. The number of hydrogen-bond acceptors (Lipinski definition) is 7. The molecule has 2 heterocycles. The number of nitrogens with zero attached hydrogens (tertiary/aromatic N) is 3. The minimum atomic E-state index is -4.25. The molecule has 0 aliphatic rings. The van der Waals surface area contributed by atoms with E-state index < -0.39 is 16.0 Å². The lowest BCUT2D eigenvalue weighted by Crippen LogP contribution is -2.25. The number of anilines is 1. The molecule has 0 fully saturated rings. The Morgan fingerprint density at radius 3 is 2.40 bits per heavy atom. The minimum absolute atomic E-state index is 0.0394. The van der Waals surface area contributed by atoms with Crippen molar-refractivity contribution in [2.45, 2.75) is 18.4 Å². The zero-order valence-electron chi connectivity index (χ0n) is 19.3. The first-order valence-electron chi connectivity index (χ1n) is 10.7. The van der Waals surface area contributed by atoms with Crippen LogP contribution in [0.2, 0.25) is 0 Å². The fourth-order valence-electron chi connectivity index (χ4n) is 3.35. The summed E-state index contributed by atoms with van der Waals surface area (Å²) in [5.74, 6) is -0.825. The lowest BCUT2D eigenvalue weighted by molar-refractivity contribution is 0.0944. The molecule has 0 unspecified atom stereocenters. The van der Waals surface area contributed by atoms with Crippen LogP contribution in [0.25, 0.3) is 10.9 Å². The van der Waals surface area contributed by atoms with Gasteiger partial charge in [0, 0.05) is 37.9 Å². The minimum Gasteiger partial charge on any atom is -0.378 e. The van der Waals surface area contributed by atoms with Crippen LogP contribution in [0.15, 0.2) is 76.4 Å². The van der Waals surface area contributed by atoms with Gasteiger partial charge in [0.1, 0.15) is 15.0 Å². The Hall–Kier alpha value is -3.50. The molecule has 1 N–H and O–H groups in total. The summed E-state index contributed by atoms with van der Waals surface area (Å²) >= 11 is 3.36. The van der Waals surface area contributed by atoms with Crippen LogP contribution in [0.3, 0.4) is 0 Å². The quantitative estimate of drug-likeness (QED) is 0.265. The fourth-order valence-corrected chi connectivity index (χ4v) is 4.79. The molecule has 0 radical (unpaired) electrons. The summed E-state index contributed by atoms with van der Waals surface area (Å²) in [6, 6.07) is 17.3. The second kappa shape index (κ2) is 10.0. The van der Waals surface area contributed by atoms with Crippen LogP contribution in [0.4, 0.5) is 5.69 Å². The van der Waals surface area contributed by atoms with Gasteiger partial charge in [-0.25, -0.2) is 4.98 Å². The van der Waals surface area contributed by atoms with Gasteiger partial charge in [0.05, 0.1) is 0 Å². The van der Waals surface area contributed by atoms with E-state index in [2.05, 4.69) is 31.2 Å². The molecule has 2 aromatic carbocycles. The van der Waals surface area contributed by atoms with E-state index in [1.54, 1.807) is 24.3 Å². The van der Waals surface area contributed by atoms with Crippen molar-refractivity contribution in [3.8, 4) is 5.75 Å². The van der Waals surface area contributed by atoms with Crippen LogP contribution in [0.1, 0.15) is 21.6 Å². The molecule has 0 saturated heterocycles. The van der Waals surface area contributed by atoms with Crippen molar-refractivity contribution in [1.82, 2.24) is 15.3 Å². The zero-order valence-corrected chi connectivity index (χ0v) is 21.7. The fraction of sp³-hybridized carbons (Fsp3) is 0.160. The molecule has 0 atom stereocenters. The molecule has 2 aromatic heterocycles. The van der Waals surface area contributed by atoms with E-state index in [0.29, 0.717) is 9.99 Å². The molecule has 0 bridgehead atoms. The maximum atomic E-state index is 13.2. The Kier molecular flexibility index (Phi) is 7.04. The van der Waals surface area contributed by atoms with Gasteiger partial charge in [0.2, 0.25) is 5.75 Å². The Labute approximate surface area is 212 Å². The number of hydrogen-bond donors (Lipinski definition) is 1. The van der Waals surface area contributed by atoms with Gasteiger partial charge in [-0.2, -0.15) is 8.42 Å². The Morgan fingerprint density at radius 1 is 1.06 bits per heavy atom. The van der Waals surface area contributed by atoms with E-state index in [-0.39, 0.29) is 28.4 Å². The number of nitrogens with one attached hydrogen (secondary N) is 1. The van der Waals surface area contributed by atoms with Crippen LogP contribution < -0.4 is 14.4 Å². The monoisotopic (exact) mass is 554 g/mol. The predicted molar refractivity (Wildman–Crippen MR) is 138 cm³/mol. The van der Waals surface area contributed by atoms with Crippen LogP contribution >= 0.6 is 15.9 Å². The first-order chi connectivity index (χ1) is 16.7. The van der Waals surface area contributed by atoms with E-state index >= 15 is 0 Å². The highest BCUT2D eigenvalue weighted by atomic mass is 79.9. The normalized spacial score (nSPS) is 11.3. The van der Waals surface area contributed by atoms with Crippen molar-refractivity contribution in [2.24, 2.45) is 0 Å². The van der Waals surface area contributed by atoms with E-state index in [1.807, 2.05) is 50.2 Å². The maximum absolute atomic E-state index is 13.2. The van der Waals surface area contributed by atoms with Gasteiger partial charge in [-0.1, -0.05) is 29.8 Å². The summed E-state index contributed by atoms with van der Waals surface area (Å²) < 4.78 is 32.0. The van der Waals surface area contributed by atoms with Crippen molar-refractivity contribution in [1.29, 1.82) is 0 Å². The molecule has 10 heteroatoms. The molecular formula is C25H23BrN4O4S. The number of benzene rings is 2. The van der Waals surface area contributed by atoms with Crippen LogP contribution in [0.5, 0.6) is 5.75 Å². The summed E-state index contributed by atoms with van der Waals surface area (Å²) in [7, 11) is -0.361. The average molecular weight is 555 g/mol. The van der Waals surface area contributed by atoms with Gasteiger partial charge in [0.15, 0.2) is 5.69 Å². The molecule has 4 aromatic rings. The van der Waals surface area contributed by atoms with E-state index in [9.17, 15) is 13.2 Å². The number of aromatic nitrogens is 2. The average Bonchev–Trinajstić information content (AvgIpc) is 2.84. The number of aryl methyl sites for hydroxylation is 1. The number of fused-ring (bicyclic) bond motifs is 1. The van der Waals surface area contributed by atoms with Gasteiger partial charge >= 0.3 is 10.1 Å². The lowest BCUT2D eigenvalue weighted by atomic mass is 10.2. The molecule has 0 aliphatic carbocycles. The van der Waals surface area contributed by atoms with Gasteiger partial charge in [-0.3, -0.25) is 9.78 Å². The summed E-state index contributed by atoms with van der Waals surface area (Å²) in [6.07, 6.45) is 1.49. The Balaban J connectivity index is 1.69. The predicted octanol–water partition coefficient (Wildman–Crippen LogP) is 4.46. The van der Waals surface area contributed by atoms with Crippen molar-refractivity contribution in [3.63, 3.8) is 0 Å². The topological polar surface area (TPSA) is 101 Å². The number of rotatable bonds is 7. The zero-order chi connectivity index (χ0) is 25.2. The molecule has 35 heavy (non-hydrogen) atoms. The summed E-state index contributed by atoms with van der Waals surface area (Å²) in [4.78, 5) is 23.7. The summed E-state index contributed by atoms with van der Waals surface area (Å²) in [5, 5.41) is 3.30. The number of amides is 1. The third-order valence-corrected chi connectivity index (χ3v) is 7.13. The first kappa shape index (κ1) is 24.6. The Morgan fingerprint density at radius 2 is 1.74 bits per heavy atom. The summed E-state index contributed by atoms with van der Waals surface area (Å²) in [6.45, 7) is 2.07. The Bertz CT molecular complexity index is 1490. The third-order valence-electron chi connectivity index (χ3n) is 5.29. The third kappa shape index (κ3) is 5.44. The maximum Gasteiger partial charge on any atom is 0.339 e. The number of carbonyl (C=O) groups is 1. The molecule has 0 saturated carbocycles. The van der Waals surface area contributed by atoms with Crippen LogP contribution in [0, 0.1) is 6.92 Å². The standard InChI is InChI=1S/C25H23BrN4O4S/c1-16-6-12-19(13-7-16)35(32,33)34-23-21-20(5-4-14-27-21)24(26)29-22(23)25(31)28-15-17-8-10-18(11-9-17)30(2)3/h4-14H,15H2,1-3H3,(H,28,31). The molecule has 8 nitrogen and oxygen atoms in total. The second-order valence-corrected chi connectivity index (χ2v) is 10.4. The first-order valence-corrected chi connectivity index (χ1v) is 12.9. The van der Waals surface area contributed by atoms with Crippen molar-refractivity contribution in [3.05, 3.63) is 88.3 Å². The second-order valence-electron chi connectivity index (χ2n) is 8.07.